The van der Waals surface area contributed by atoms with Crippen molar-refractivity contribution >= 4 is 0 Å². The molecule has 0 aromatic heterocycles. The topological polar surface area (TPSA) is 21.3 Å². The van der Waals surface area contributed by atoms with Crippen LogP contribution in [0.2, 0.25) is 0 Å². The van der Waals surface area contributed by atoms with Crippen molar-refractivity contribution in [1.29, 1.82) is 0 Å². The van der Waals surface area contributed by atoms with E-state index in [0.29, 0.717) is 0 Å². The van der Waals surface area contributed by atoms with Gasteiger partial charge in [-0.1, -0.05) is 13.0 Å². The third-order valence-corrected chi connectivity index (χ3v) is 3.37. The highest BCUT2D eigenvalue weighted by Crippen LogP contribution is 2.29. The Morgan fingerprint density at radius 3 is 2.69 bits per heavy atom. The van der Waals surface area contributed by atoms with E-state index in [4.69, 9.17) is 4.74 Å². The summed E-state index contributed by atoms with van der Waals surface area (Å²) in [5.41, 5.74) is 4.39. The monoisotopic (exact) mass is 219 g/mol. The second-order valence-corrected chi connectivity index (χ2v) is 5.20. The minimum absolute atomic E-state index is 0.215. The third-order valence-electron chi connectivity index (χ3n) is 3.37. The summed E-state index contributed by atoms with van der Waals surface area (Å²) in [5.74, 6) is 1.03. The second kappa shape index (κ2) is 4.10. The fraction of sp³-hybridized carbons (Fsp3) is 0.571. The fourth-order valence-electron chi connectivity index (χ4n) is 2.39. The molecule has 0 fully saturated rings. The molecule has 1 aliphatic rings. The molecule has 1 aliphatic heterocycles. The molecule has 2 rings (SSSR count). The summed E-state index contributed by atoms with van der Waals surface area (Å²) in [4.78, 5) is 0. The molecule has 0 spiro atoms. The van der Waals surface area contributed by atoms with Crippen molar-refractivity contribution in [3.8, 4) is 5.75 Å². The summed E-state index contributed by atoms with van der Waals surface area (Å²) < 4.78 is 5.43. The van der Waals surface area contributed by atoms with Gasteiger partial charge in [0.2, 0.25) is 0 Å². The summed E-state index contributed by atoms with van der Waals surface area (Å²) in [7, 11) is 1.75. The molecule has 1 heterocycles. The van der Waals surface area contributed by atoms with Crippen molar-refractivity contribution in [2.45, 2.75) is 45.7 Å². The van der Waals surface area contributed by atoms with Crippen molar-refractivity contribution in [2.75, 3.05) is 7.11 Å². The third kappa shape index (κ3) is 2.07. The lowest BCUT2D eigenvalue weighted by atomic mass is 9.86. The molecule has 1 aromatic carbocycles. The first kappa shape index (κ1) is 11.5. The van der Waals surface area contributed by atoms with Crippen LogP contribution in [-0.4, -0.2) is 12.6 Å². The zero-order chi connectivity index (χ0) is 11.8. The molecule has 0 saturated heterocycles. The van der Waals surface area contributed by atoms with E-state index in [9.17, 15) is 0 Å². The standard InChI is InChI=1S/C14H21NO/c1-5-10-6-11-8-14(2,3)15-9-12(11)7-13(10)16-4/h6-7,15H,5,8-9H2,1-4H3. The maximum absolute atomic E-state index is 5.43. The lowest BCUT2D eigenvalue weighted by Gasteiger charge is -2.33. The Balaban J connectivity index is 2.42. The summed E-state index contributed by atoms with van der Waals surface area (Å²) >= 11 is 0. The Morgan fingerprint density at radius 2 is 2.06 bits per heavy atom. The van der Waals surface area contributed by atoms with Crippen molar-refractivity contribution < 1.29 is 4.74 Å². The van der Waals surface area contributed by atoms with Crippen LogP contribution in [0.15, 0.2) is 12.1 Å². The fourth-order valence-corrected chi connectivity index (χ4v) is 2.39. The highest BCUT2D eigenvalue weighted by molar-refractivity contribution is 5.44. The molecule has 0 unspecified atom stereocenters. The number of hydrogen-bond acceptors (Lipinski definition) is 2. The molecular formula is C14H21NO. The predicted octanol–water partition coefficient (Wildman–Crippen LogP) is 2.68. The van der Waals surface area contributed by atoms with E-state index in [-0.39, 0.29) is 5.54 Å². The maximum Gasteiger partial charge on any atom is 0.122 e. The number of rotatable bonds is 2. The largest absolute Gasteiger partial charge is 0.496 e. The van der Waals surface area contributed by atoms with Crippen molar-refractivity contribution in [3.05, 3.63) is 28.8 Å². The SMILES string of the molecule is CCc1cc2c(cc1OC)CNC(C)(C)C2. The quantitative estimate of drug-likeness (QED) is 0.825. The zero-order valence-corrected chi connectivity index (χ0v) is 10.7. The molecule has 0 amide bonds. The van der Waals surface area contributed by atoms with E-state index in [2.05, 4.69) is 38.2 Å². The smallest absolute Gasteiger partial charge is 0.122 e. The lowest BCUT2D eigenvalue weighted by molar-refractivity contribution is 0.359. The van der Waals surface area contributed by atoms with E-state index in [1.807, 2.05) is 0 Å². The summed E-state index contributed by atoms with van der Waals surface area (Å²) in [6, 6.07) is 4.51. The molecule has 0 atom stereocenters. The first-order valence-electron chi connectivity index (χ1n) is 5.99. The van der Waals surface area contributed by atoms with Crippen molar-refractivity contribution in [3.63, 3.8) is 0 Å². The van der Waals surface area contributed by atoms with Gasteiger partial charge in [0, 0.05) is 12.1 Å². The van der Waals surface area contributed by atoms with Crippen LogP contribution in [0, 0.1) is 0 Å². The number of benzene rings is 1. The van der Waals surface area contributed by atoms with Gasteiger partial charge in [-0.25, -0.2) is 0 Å². The molecule has 0 saturated carbocycles. The molecule has 0 radical (unpaired) electrons. The minimum atomic E-state index is 0.215. The molecule has 2 nitrogen and oxygen atoms in total. The second-order valence-electron chi connectivity index (χ2n) is 5.20. The van der Waals surface area contributed by atoms with E-state index in [1.165, 1.54) is 16.7 Å². The van der Waals surface area contributed by atoms with Crippen LogP contribution in [0.4, 0.5) is 0 Å². The normalized spacial score (nSPS) is 18.0. The number of ether oxygens (including phenoxy) is 1. The number of aryl methyl sites for hydroxylation is 1. The number of fused-ring (bicyclic) bond motifs is 1. The Morgan fingerprint density at radius 1 is 1.31 bits per heavy atom. The van der Waals surface area contributed by atoms with Crippen LogP contribution < -0.4 is 10.1 Å². The van der Waals surface area contributed by atoms with Gasteiger partial charge in [-0.3, -0.25) is 0 Å². The first-order chi connectivity index (χ1) is 7.55. The van der Waals surface area contributed by atoms with Crippen LogP contribution in [0.1, 0.15) is 37.5 Å². The Kier molecular flexibility index (Phi) is 2.94. The van der Waals surface area contributed by atoms with Gasteiger partial charge in [0.05, 0.1) is 7.11 Å². The van der Waals surface area contributed by atoms with Gasteiger partial charge < -0.3 is 10.1 Å². The van der Waals surface area contributed by atoms with Gasteiger partial charge in [-0.2, -0.15) is 0 Å². The van der Waals surface area contributed by atoms with Crippen LogP contribution in [0.5, 0.6) is 5.75 Å². The van der Waals surface area contributed by atoms with Gasteiger partial charge in [0.25, 0.3) is 0 Å². The minimum Gasteiger partial charge on any atom is -0.496 e. The average molecular weight is 219 g/mol. The molecule has 88 valence electrons. The van der Waals surface area contributed by atoms with Crippen molar-refractivity contribution in [2.24, 2.45) is 0 Å². The van der Waals surface area contributed by atoms with Gasteiger partial charge in [0.1, 0.15) is 5.75 Å². The molecule has 1 aromatic rings. The highest BCUT2D eigenvalue weighted by atomic mass is 16.5. The van der Waals surface area contributed by atoms with Gasteiger partial charge in [-0.05, 0) is 49.4 Å². The van der Waals surface area contributed by atoms with Crippen LogP contribution >= 0.6 is 0 Å². The highest BCUT2D eigenvalue weighted by Gasteiger charge is 2.25. The number of hydrogen-bond donors (Lipinski definition) is 1. The first-order valence-corrected chi connectivity index (χ1v) is 5.99. The number of nitrogens with one attached hydrogen (secondary N) is 1. The molecule has 16 heavy (non-hydrogen) atoms. The van der Waals surface area contributed by atoms with Gasteiger partial charge in [0.15, 0.2) is 0 Å². The lowest BCUT2D eigenvalue weighted by Crippen LogP contribution is -2.44. The van der Waals surface area contributed by atoms with Crippen LogP contribution in [-0.2, 0) is 19.4 Å². The predicted molar refractivity (Wildman–Crippen MR) is 67.0 cm³/mol. The summed E-state index contributed by atoms with van der Waals surface area (Å²) in [5, 5.41) is 3.55. The van der Waals surface area contributed by atoms with Crippen molar-refractivity contribution in [1.82, 2.24) is 5.32 Å². The molecule has 2 heteroatoms. The van der Waals surface area contributed by atoms with Gasteiger partial charge in [-0.15, -0.1) is 0 Å². The van der Waals surface area contributed by atoms with E-state index in [1.54, 1.807) is 7.11 Å². The van der Waals surface area contributed by atoms with E-state index >= 15 is 0 Å². The van der Waals surface area contributed by atoms with E-state index < -0.39 is 0 Å². The number of methoxy groups -OCH3 is 1. The Bertz CT molecular complexity index is 396. The maximum atomic E-state index is 5.43. The average Bonchev–Trinajstić information content (AvgIpc) is 2.26. The summed E-state index contributed by atoms with van der Waals surface area (Å²) in [6.45, 7) is 7.64. The van der Waals surface area contributed by atoms with Crippen LogP contribution in [0.25, 0.3) is 0 Å². The Hall–Kier alpha value is -1.02. The summed E-state index contributed by atoms with van der Waals surface area (Å²) in [6.07, 6.45) is 2.13. The van der Waals surface area contributed by atoms with Gasteiger partial charge >= 0.3 is 0 Å². The van der Waals surface area contributed by atoms with Crippen LogP contribution in [0.3, 0.4) is 0 Å². The Labute approximate surface area is 98.0 Å². The zero-order valence-electron chi connectivity index (χ0n) is 10.7. The van der Waals surface area contributed by atoms with E-state index in [0.717, 1.165) is 25.1 Å². The molecular weight excluding hydrogens is 198 g/mol. The molecule has 0 aliphatic carbocycles. The molecule has 1 N–H and O–H groups in total. The molecule has 0 bridgehead atoms.